The zero-order valence-electron chi connectivity index (χ0n) is 52.5. The second kappa shape index (κ2) is 24.7. The van der Waals surface area contributed by atoms with Crippen LogP contribution in [-0.2, 0) is 41.5 Å². The van der Waals surface area contributed by atoms with Gasteiger partial charge in [0.25, 0.3) is 16.7 Å². The van der Waals surface area contributed by atoms with Gasteiger partial charge in [-0.05, 0) is 72.5 Å². The number of aromatic amines is 3. The molecule has 3 saturated heterocycles. The van der Waals surface area contributed by atoms with Crippen molar-refractivity contribution in [3.63, 3.8) is 0 Å². The van der Waals surface area contributed by atoms with E-state index in [1.54, 1.807) is 0 Å². The molecular weight excluding hydrogens is 1140 g/mol. The van der Waals surface area contributed by atoms with Crippen LogP contribution in [0, 0.1) is 11.8 Å². The second-order valence-corrected chi connectivity index (χ2v) is 47.7. The molecule has 3 fully saturated rings. The van der Waals surface area contributed by atoms with Crippen molar-refractivity contribution in [2.45, 2.75) is 230 Å². The first kappa shape index (κ1) is 67.7. The molecule has 466 valence electrons. The van der Waals surface area contributed by atoms with Gasteiger partial charge in [0.2, 0.25) is 11.8 Å². The Balaban J connectivity index is 1.37. The van der Waals surface area contributed by atoms with Gasteiger partial charge in [-0.25, -0.2) is 14.4 Å². The van der Waals surface area contributed by atoms with Gasteiger partial charge in [-0.15, -0.1) is 0 Å². The number of carbonyl (C=O) groups excluding carboxylic acids is 2. The van der Waals surface area contributed by atoms with E-state index in [9.17, 15) is 38.4 Å². The highest BCUT2D eigenvalue weighted by Gasteiger charge is 2.57. The first-order valence-corrected chi connectivity index (χ1v) is 40.4. The number of rotatable bonds is 20. The maximum atomic E-state index is 14.9. The molecule has 0 saturated carbocycles. The fourth-order valence-electron chi connectivity index (χ4n) is 9.54. The smallest absolute Gasteiger partial charge is 0.330 e. The molecule has 0 unspecified atom stereocenters. The minimum absolute atomic E-state index is 0.0272. The Hall–Kier alpha value is -4.47. The van der Waals surface area contributed by atoms with Crippen LogP contribution in [0.25, 0.3) is 0 Å². The predicted octanol–water partition coefficient (Wildman–Crippen LogP) is 5.09. The lowest BCUT2D eigenvalue weighted by atomic mass is 9.92. The summed E-state index contributed by atoms with van der Waals surface area (Å²) in [6, 6.07) is 3.64. The van der Waals surface area contributed by atoms with Crippen molar-refractivity contribution in [1.82, 2.24) is 39.3 Å². The zero-order chi connectivity index (χ0) is 62.5. The summed E-state index contributed by atoms with van der Waals surface area (Å²) < 4.78 is 52.4. The maximum Gasteiger partial charge on any atom is 0.330 e. The summed E-state index contributed by atoms with van der Waals surface area (Å²) in [5, 5.41) is 4.92. The molecule has 0 bridgehead atoms. The number of carbonyl (C=O) groups is 2. The van der Waals surface area contributed by atoms with E-state index in [1.165, 1.54) is 50.5 Å². The number of nitrogens with one attached hydrogen (secondary N) is 5. The van der Waals surface area contributed by atoms with E-state index in [0.717, 1.165) is 0 Å². The highest BCUT2D eigenvalue weighted by Crippen LogP contribution is 2.48. The molecule has 3 aliphatic heterocycles. The molecule has 12 atom stereocenters. The van der Waals surface area contributed by atoms with Crippen LogP contribution in [0.1, 0.15) is 115 Å². The van der Waals surface area contributed by atoms with Crippen molar-refractivity contribution in [1.29, 1.82) is 0 Å². The first-order chi connectivity index (χ1) is 37.9. The number of amides is 2. The van der Waals surface area contributed by atoms with E-state index in [4.69, 9.17) is 37.6 Å². The van der Waals surface area contributed by atoms with Crippen molar-refractivity contribution in [3.8, 4) is 0 Å². The third kappa shape index (κ3) is 15.2. The molecular formula is C55H95N9O15Si4. The lowest BCUT2D eigenvalue weighted by Crippen LogP contribution is -2.55. The average Bonchev–Trinajstić information content (AvgIpc) is 3.99. The molecule has 0 spiro atoms. The number of aromatic nitrogens is 6. The lowest BCUT2D eigenvalue weighted by molar-refractivity contribution is -0.124. The van der Waals surface area contributed by atoms with Crippen molar-refractivity contribution in [3.05, 3.63) is 99.3 Å². The van der Waals surface area contributed by atoms with E-state index in [-0.39, 0.29) is 52.6 Å². The third-order valence-electron chi connectivity index (χ3n) is 18.7. The quantitative estimate of drug-likeness (QED) is 0.0802. The number of hydrogen-bond acceptors (Lipinski definition) is 16. The molecule has 3 aliphatic rings. The van der Waals surface area contributed by atoms with E-state index < -0.39 is 152 Å². The van der Waals surface area contributed by atoms with Crippen molar-refractivity contribution < 1.29 is 41.5 Å². The van der Waals surface area contributed by atoms with Gasteiger partial charge in [-0.1, -0.05) is 83.1 Å². The van der Waals surface area contributed by atoms with E-state index >= 15 is 0 Å². The summed E-state index contributed by atoms with van der Waals surface area (Å²) in [7, 11) is -10.8. The Morgan fingerprint density at radius 2 is 0.747 bits per heavy atom. The Kier molecular flexibility index (Phi) is 20.1. The standard InChI is InChI=1S/C55H95N9O15Si4/c1-52(2,3)80(13,14)76-42-32(34(29-56)73-46(42)62-24-21-37(65)59-49(62)70)27-40(68)57-30-35-33(43(77-81(15,16)53(4,5)6)47(74-35)63-25-22-38(66)60-50(63)71)28-41(69)58-31-36-44(78-82(17,18)54(7,8)9)45(79-83(19,20)55(10,11)12)48(75-36)64-26-23-39(67)61-51(64)72/h21-26,32-36,42-48H,27-31,56H2,1-20H3,(H,57,68)(H,58,69)(H,59,65,70)(H,60,66,71)(H,61,67,72)/t32-,33-,34-,35-,36-,42-,43-,44-,45-,46-,47-,48-/m1/s1. The van der Waals surface area contributed by atoms with Crippen LogP contribution in [-0.4, -0.2) is 136 Å². The predicted molar refractivity (Wildman–Crippen MR) is 325 cm³/mol. The zero-order valence-corrected chi connectivity index (χ0v) is 56.5. The number of ether oxygens (including phenoxy) is 3. The van der Waals surface area contributed by atoms with Crippen molar-refractivity contribution in [2.24, 2.45) is 17.6 Å². The third-order valence-corrected chi connectivity index (χ3v) is 36.6. The monoisotopic (exact) mass is 1230 g/mol. The van der Waals surface area contributed by atoms with Crippen molar-refractivity contribution >= 4 is 45.1 Å². The summed E-state index contributed by atoms with van der Waals surface area (Å²) in [5.41, 5.74) is 2.35. The van der Waals surface area contributed by atoms with Crippen LogP contribution in [0.2, 0.25) is 72.5 Å². The Labute approximate surface area is 490 Å². The van der Waals surface area contributed by atoms with E-state index in [1.807, 2.05) is 26.2 Å². The molecule has 0 radical (unpaired) electrons. The maximum absolute atomic E-state index is 14.9. The molecule has 0 aromatic carbocycles. The summed E-state index contributed by atoms with van der Waals surface area (Å²) in [4.78, 5) is 114. The van der Waals surface area contributed by atoms with Gasteiger partial charge < -0.3 is 48.3 Å². The van der Waals surface area contributed by atoms with Crippen LogP contribution in [0.5, 0.6) is 0 Å². The van der Waals surface area contributed by atoms with Crippen LogP contribution in [0.3, 0.4) is 0 Å². The van der Waals surface area contributed by atoms with Gasteiger partial charge in [-0.3, -0.25) is 52.6 Å². The summed E-state index contributed by atoms with van der Waals surface area (Å²) >= 11 is 0. The molecule has 3 aromatic heterocycles. The van der Waals surface area contributed by atoms with Crippen molar-refractivity contribution in [2.75, 3.05) is 19.6 Å². The van der Waals surface area contributed by atoms with Crippen LogP contribution in [0.15, 0.2) is 65.6 Å². The van der Waals surface area contributed by atoms with Gasteiger partial charge in [0, 0.05) is 81.1 Å². The number of nitrogens with two attached hydrogens (primary N) is 1. The molecule has 83 heavy (non-hydrogen) atoms. The summed E-state index contributed by atoms with van der Waals surface area (Å²) in [5.74, 6) is -2.43. The highest BCUT2D eigenvalue weighted by molar-refractivity contribution is 6.75. The molecule has 6 rings (SSSR count). The van der Waals surface area contributed by atoms with Gasteiger partial charge in [0.05, 0.1) is 24.4 Å². The van der Waals surface area contributed by atoms with E-state index in [0.29, 0.717) is 0 Å². The molecule has 0 aliphatic carbocycles. The van der Waals surface area contributed by atoms with E-state index in [2.05, 4.69) is 135 Å². The van der Waals surface area contributed by atoms with Gasteiger partial charge in [0.1, 0.15) is 18.3 Å². The molecule has 2 amide bonds. The minimum Gasteiger partial charge on any atom is -0.409 e. The molecule has 24 nitrogen and oxygen atoms in total. The lowest BCUT2D eigenvalue weighted by Gasteiger charge is -2.44. The average molecular weight is 1230 g/mol. The van der Waals surface area contributed by atoms with Crippen LogP contribution in [0.4, 0.5) is 0 Å². The molecule has 28 heteroatoms. The number of H-pyrrole nitrogens is 3. The molecule has 6 heterocycles. The number of nitrogens with zero attached hydrogens (tertiary/aromatic N) is 3. The Bertz CT molecular complexity index is 3160. The van der Waals surface area contributed by atoms with Crippen LogP contribution < -0.4 is 50.1 Å². The Morgan fingerprint density at radius 3 is 1.07 bits per heavy atom. The fraction of sp³-hybridized carbons (Fsp3) is 0.745. The SMILES string of the molecule is CC(C)(C)[Si](C)(C)O[C@@H]1[C@H](CC(=O)NC[C@H]2O[C@@H](n3ccc(=O)[nH]c3=O)[C@H](O[Si](C)(C)C(C)(C)C)[C@@H]2CC(=O)NC[C@H]2O[C@@H](n3ccc(=O)[nH]c3=O)[C@H](O[Si](C)(C)C(C)(C)C)[C@@H]2O[Si](C)(C)C(C)(C)C)[C@@H](CN)O[C@H]1n1ccc(=O)[nH]c1=O. The van der Waals surface area contributed by atoms with Crippen LogP contribution >= 0.6 is 0 Å². The van der Waals surface area contributed by atoms with Gasteiger partial charge >= 0.3 is 17.1 Å². The molecule has 3 aromatic rings. The normalized spacial score (nSPS) is 26.8. The minimum atomic E-state index is -2.80. The fourth-order valence-corrected chi connectivity index (χ4v) is 14.8. The Morgan fingerprint density at radius 1 is 0.470 bits per heavy atom. The first-order valence-electron chi connectivity index (χ1n) is 28.8. The summed E-state index contributed by atoms with van der Waals surface area (Å²) in [6.07, 6.45) is -5.78. The number of hydrogen-bond donors (Lipinski definition) is 6. The topological polar surface area (TPSA) is 313 Å². The highest BCUT2D eigenvalue weighted by atomic mass is 28.4. The van der Waals surface area contributed by atoms with Gasteiger partial charge in [0.15, 0.2) is 52.0 Å². The largest absolute Gasteiger partial charge is 0.409 e. The second-order valence-electron chi connectivity index (χ2n) is 28.7. The summed E-state index contributed by atoms with van der Waals surface area (Å²) in [6.45, 7) is 41.2. The molecule has 7 N–H and O–H groups in total. The van der Waals surface area contributed by atoms with Gasteiger partial charge in [-0.2, -0.15) is 0 Å².